The van der Waals surface area contributed by atoms with Crippen LogP contribution in [0.1, 0.15) is 17.0 Å². The van der Waals surface area contributed by atoms with Crippen LogP contribution in [0, 0.1) is 18.3 Å². The number of hydrogen-bond acceptors (Lipinski definition) is 4. The van der Waals surface area contributed by atoms with Gasteiger partial charge in [-0.25, -0.2) is 0 Å². The highest BCUT2D eigenvalue weighted by molar-refractivity contribution is 9.10. The quantitative estimate of drug-likeness (QED) is 0.946. The van der Waals surface area contributed by atoms with Gasteiger partial charge in [0.1, 0.15) is 6.07 Å². The number of aryl methyl sites for hydroxylation is 1. The van der Waals surface area contributed by atoms with Crippen LogP contribution in [-0.2, 0) is 6.54 Å². The predicted molar refractivity (Wildman–Crippen MR) is 73.0 cm³/mol. The van der Waals surface area contributed by atoms with Crippen molar-refractivity contribution >= 4 is 21.6 Å². The van der Waals surface area contributed by atoms with Gasteiger partial charge in [-0.3, -0.25) is 9.97 Å². The van der Waals surface area contributed by atoms with Crippen molar-refractivity contribution in [3.8, 4) is 6.07 Å². The molecule has 90 valence electrons. The van der Waals surface area contributed by atoms with E-state index in [2.05, 4.69) is 37.3 Å². The third-order valence-corrected chi connectivity index (χ3v) is 3.08. The molecule has 0 aliphatic carbocycles. The fourth-order valence-corrected chi connectivity index (χ4v) is 1.94. The average Bonchev–Trinajstić information content (AvgIpc) is 2.38. The maximum absolute atomic E-state index is 9.08. The highest BCUT2D eigenvalue weighted by Crippen LogP contribution is 2.23. The van der Waals surface area contributed by atoms with Crippen molar-refractivity contribution in [1.82, 2.24) is 9.97 Å². The number of halogens is 1. The number of nitrogens with zero attached hydrogens (tertiary/aromatic N) is 3. The van der Waals surface area contributed by atoms with E-state index in [-0.39, 0.29) is 0 Å². The van der Waals surface area contributed by atoms with Gasteiger partial charge in [0.25, 0.3) is 0 Å². The molecule has 0 saturated carbocycles. The molecule has 0 fully saturated rings. The second kappa shape index (κ2) is 5.61. The Bertz CT molecular complexity index is 587. The molecule has 2 rings (SSSR count). The molecule has 0 amide bonds. The molecule has 0 unspecified atom stereocenters. The summed E-state index contributed by atoms with van der Waals surface area (Å²) in [5, 5.41) is 12.3. The first-order chi connectivity index (χ1) is 8.70. The summed E-state index contributed by atoms with van der Waals surface area (Å²) in [5.41, 5.74) is 3.11. The predicted octanol–water partition coefficient (Wildman–Crippen LogP) is 3.03. The minimum atomic E-state index is 0.540. The Morgan fingerprint density at radius 2 is 2.17 bits per heavy atom. The van der Waals surface area contributed by atoms with E-state index < -0.39 is 0 Å². The summed E-state index contributed by atoms with van der Waals surface area (Å²) < 4.78 is 0.782. The molecule has 0 atom stereocenters. The molecule has 4 nitrogen and oxygen atoms in total. The Kier molecular flexibility index (Phi) is 3.90. The Morgan fingerprint density at radius 3 is 2.83 bits per heavy atom. The van der Waals surface area contributed by atoms with Crippen molar-refractivity contribution in [2.24, 2.45) is 0 Å². The van der Waals surface area contributed by atoms with E-state index in [0.717, 1.165) is 21.5 Å². The normalized spacial score (nSPS) is 9.83. The lowest BCUT2D eigenvalue weighted by atomic mass is 10.2. The summed E-state index contributed by atoms with van der Waals surface area (Å²) >= 11 is 3.35. The van der Waals surface area contributed by atoms with E-state index in [1.807, 2.05) is 25.1 Å². The van der Waals surface area contributed by atoms with Crippen LogP contribution in [0.15, 0.2) is 35.1 Å². The monoisotopic (exact) mass is 302 g/mol. The lowest BCUT2D eigenvalue weighted by Gasteiger charge is -2.08. The van der Waals surface area contributed by atoms with Gasteiger partial charge in [-0.1, -0.05) is 6.07 Å². The number of anilines is 1. The summed E-state index contributed by atoms with van der Waals surface area (Å²) in [7, 11) is 0. The van der Waals surface area contributed by atoms with Crippen molar-refractivity contribution in [1.29, 1.82) is 5.26 Å². The van der Waals surface area contributed by atoms with Gasteiger partial charge >= 0.3 is 0 Å². The first-order valence-corrected chi connectivity index (χ1v) is 6.20. The molecular formula is C13H11BrN4. The molecule has 0 aliphatic rings. The minimum Gasteiger partial charge on any atom is -0.378 e. The molecule has 5 heteroatoms. The number of hydrogen-bond donors (Lipinski definition) is 1. The second-order valence-electron chi connectivity index (χ2n) is 3.78. The number of nitrogens with one attached hydrogen (secondary N) is 1. The van der Waals surface area contributed by atoms with Gasteiger partial charge in [0.05, 0.1) is 35.4 Å². The van der Waals surface area contributed by atoms with E-state index in [0.29, 0.717) is 12.1 Å². The zero-order valence-electron chi connectivity index (χ0n) is 9.81. The molecule has 0 spiro atoms. The van der Waals surface area contributed by atoms with Crippen LogP contribution in [0.5, 0.6) is 0 Å². The Morgan fingerprint density at radius 1 is 1.33 bits per heavy atom. The molecule has 1 N–H and O–H groups in total. The van der Waals surface area contributed by atoms with E-state index in [1.165, 1.54) is 0 Å². The fraction of sp³-hybridized carbons (Fsp3) is 0.154. The summed E-state index contributed by atoms with van der Waals surface area (Å²) in [4.78, 5) is 8.43. The van der Waals surface area contributed by atoms with Crippen LogP contribution in [0.25, 0.3) is 0 Å². The molecule has 2 aromatic rings. The van der Waals surface area contributed by atoms with Crippen LogP contribution in [0.4, 0.5) is 5.69 Å². The third-order valence-electron chi connectivity index (χ3n) is 2.42. The van der Waals surface area contributed by atoms with Crippen molar-refractivity contribution in [3.63, 3.8) is 0 Å². The van der Waals surface area contributed by atoms with Crippen LogP contribution in [0.3, 0.4) is 0 Å². The molecule has 1 aromatic heterocycles. The van der Waals surface area contributed by atoms with E-state index in [4.69, 9.17) is 5.26 Å². The second-order valence-corrected chi connectivity index (χ2v) is 4.63. The molecule has 18 heavy (non-hydrogen) atoms. The summed E-state index contributed by atoms with van der Waals surface area (Å²) in [6.45, 7) is 2.44. The van der Waals surface area contributed by atoms with Crippen LogP contribution in [0.2, 0.25) is 0 Å². The SMILES string of the molecule is Cc1cnc(CNc2cccc(Br)c2C#N)cn1. The van der Waals surface area contributed by atoms with Crippen molar-refractivity contribution in [3.05, 3.63) is 52.0 Å². The van der Waals surface area contributed by atoms with E-state index in [9.17, 15) is 0 Å². The molecule has 0 bridgehead atoms. The lowest BCUT2D eigenvalue weighted by molar-refractivity contribution is 0.984. The molecule has 0 saturated heterocycles. The van der Waals surface area contributed by atoms with Gasteiger partial charge in [-0.2, -0.15) is 5.26 Å². The van der Waals surface area contributed by atoms with Crippen LogP contribution < -0.4 is 5.32 Å². The molecule has 1 aromatic carbocycles. The van der Waals surface area contributed by atoms with Crippen molar-refractivity contribution in [2.75, 3.05) is 5.32 Å². The van der Waals surface area contributed by atoms with Gasteiger partial charge in [0.15, 0.2) is 0 Å². The van der Waals surface area contributed by atoms with Crippen LogP contribution >= 0.6 is 15.9 Å². The van der Waals surface area contributed by atoms with E-state index >= 15 is 0 Å². The number of benzene rings is 1. The van der Waals surface area contributed by atoms with Gasteiger partial charge in [-0.15, -0.1) is 0 Å². The maximum atomic E-state index is 9.08. The largest absolute Gasteiger partial charge is 0.378 e. The van der Waals surface area contributed by atoms with Crippen molar-refractivity contribution < 1.29 is 0 Å². The number of nitriles is 1. The van der Waals surface area contributed by atoms with Crippen LogP contribution in [-0.4, -0.2) is 9.97 Å². The zero-order chi connectivity index (χ0) is 13.0. The molecule has 0 radical (unpaired) electrons. The molecular weight excluding hydrogens is 292 g/mol. The first-order valence-electron chi connectivity index (χ1n) is 5.40. The highest BCUT2D eigenvalue weighted by atomic mass is 79.9. The van der Waals surface area contributed by atoms with Crippen molar-refractivity contribution in [2.45, 2.75) is 13.5 Å². The zero-order valence-corrected chi connectivity index (χ0v) is 11.4. The van der Waals surface area contributed by atoms with E-state index in [1.54, 1.807) is 12.4 Å². The standard InChI is InChI=1S/C13H11BrN4/c1-9-6-17-10(7-16-9)8-18-13-4-2-3-12(14)11(13)5-15/h2-4,6-7,18H,8H2,1H3. The lowest BCUT2D eigenvalue weighted by Crippen LogP contribution is -2.04. The molecule has 0 aliphatic heterocycles. The Hall–Kier alpha value is -1.93. The summed E-state index contributed by atoms with van der Waals surface area (Å²) in [6, 6.07) is 7.76. The number of rotatable bonds is 3. The average molecular weight is 303 g/mol. The highest BCUT2D eigenvalue weighted by Gasteiger charge is 2.05. The summed E-state index contributed by atoms with van der Waals surface area (Å²) in [5.74, 6) is 0. The van der Waals surface area contributed by atoms with Gasteiger partial charge < -0.3 is 5.32 Å². The first kappa shape index (κ1) is 12.5. The van der Waals surface area contributed by atoms with Gasteiger partial charge in [-0.05, 0) is 35.0 Å². The minimum absolute atomic E-state index is 0.540. The van der Waals surface area contributed by atoms with Gasteiger partial charge in [0.2, 0.25) is 0 Å². The topological polar surface area (TPSA) is 61.6 Å². The Labute approximate surface area is 114 Å². The van der Waals surface area contributed by atoms with Gasteiger partial charge in [0, 0.05) is 10.7 Å². The summed E-state index contributed by atoms with van der Waals surface area (Å²) in [6.07, 6.45) is 3.45. The maximum Gasteiger partial charge on any atom is 0.103 e. The fourth-order valence-electron chi connectivity index (χ4n) is 1.48. The number of aromatic nitrogens is 2. The Balaban J connectivity index is 2.14. The molecule has 1 heterocycles. The smallest absolute Gasteiger partial charge is 0.103 e. The third kappa shape index (κ3) is 2.84.